The second-order valence-corrected chi connectivity index (χ2v) is 10.9. The van der Waals surface area contributed by atoms with Gasteiger partial charge in [-0.15, -0.1) is 11.3 Å². The summed E-state index contributed by atoms with van der Waals surface area (Å²) in [7, 11) is 0. The summed E-state index contributed by atoms with van der Waals surface area (Å²) in [6.07, 6.45) is 2.07. The Balaban J connectivity index is 1.13. The van der Waals surface area contributed by atoms with Crippen molar-refractivity contribution in [2.24, 2.45) is 10.9 Å². The molecular formula is C23H29F3N4O3S2. The van der Waals surface area contributed by atoms with Crippen LogP contribution in [-0.4, -0.2) is 72.1 Å². The molecule has 0 aromatic carbocycles. The number of thiazole rings is 2. The normalized spacial score (nSPS) is 21.7. The summed E-state index contributed by atoms with van der Waals surface area (Å²) in [5, 5.41) is 2.82. The van der Waals surface area contributed by atoms with Gasteiger partial charge in [0.2, 0.25) is 0 Å². The summed E-state index contributed by atoms with van der Waals surface area (Å²) in [6, 6.07) is 0. The van der Waals surface area contributed by atoms with Crippen LogP contribution in [0.5, 0.6) is 5.19 Å². The van der Waals surface area contributed by atoms with Crippen molar-refractivity contribution in [1.29, 1.82) is 0 Å². The number of carbonyl (C=O) groups excluding carboxylic acids is 1. The van der Waals surface area contributed by atoms with Crippen molar-refractivity contribution in [3.63, 3.8) is 0 Å². The number of ether oxygens (including phenoxy) is 2. The van der Waals surface area contributed by atoms with Crippen LogP contribution in [-0.2, 0) is 28.8 Å². The monoisotopic (exact) mass is 530 g/mol. The third kappa shape index (κ3) is 8.33. The maximum atomic E-state index is 12.4. The van der Waals surface area contributed by atoms with Crippen LogP contribution in [0, 0.1) is 12.8 Å². The Kier molecular flexibility index (Phi) is 8.90. The van der Waals surface area contributed by atoms with Crippen LogP contribution < -0.4 is 4.74 Å². The van der Waals surface area contributed by atoms with Gasteiger partial charge in [0.15, 0.2) is 6.61 Å². The summed E-state index contributed by atoms with van der Waals surface area (Å²) >= 11 is 2.70. The first-order chi connectivity index (χ1) is 16.7. The van der Waals surface area contributed by atoms with Crippen LogP contribution in [0.3, 0.4) is 0 Å². The van der Waals surface area contributed by atoms with Crippen molar-refractivity contribution in [2.75, 3.05) is 32.8 Å². The fourth-order valence-electron chi connectivity index (χ4n) is 4.16. The zero-order valence-electron chi connectivity index (χ0n) is 19.6. The number of fused-ring (bicyclic) bond motifs is 1. The molecule has 1 fully saturated rings. The van der Waals surface area contributed by atoms with Crippen molar-refractivity contribution in [3.05, 3.63) is 26.7 Å². The number of aliphatic imine (C=N–C) groups is 1. The number of carbonyl (C=O) groups is 1. The molecule has 0 spiro atoms. The molecule has 4 rings (SSSR count). The van der Waals surface area contributed by atoms with Crippen LogP contribution >= 0.6 is 22.7 Å². The Morgan fingerprint density at radius 2 is 2.14 bits per heavy atom. The first-order valence-electron chi connectivity index (χ1n) is 11.7. The van der Waals surface area contributed by atoms with Crippen molar-refractivity contribution in [1.82, 2.24) is 14.9 Å². The summed E-state index contributed by atoms with van der Waals surface area (Å²) in [6.45, 7) is 3.74. The maximum absolute atomic E-state index is 12.4. The minimum Gasteiger partial charge on any atom is -0.460 e. The topological polar surface area (TPSA) is 76.9 Å². The van der Waals surface area contributed by atoms with E-state index in [0.717, 1.165) is 66.6 Å². The van der Waals surface area contributed by atoms with Crippen LogP contribution in [0.1, 0.15) is 40.5 Å². The average Bonchev–Trinajstić information content (AvgIpc) is 3.36. The van der Waals surface area contributed by atoms with E-state index in [1.165, 1.54) is 22.7 Å². The van der Waals surface area contributed by atoms with Gasteiger partial charge in [-0.05, 0) is 32.6 Å². The summed E-state index contributed by atoms with van der Waals surface area (Å²) < 4.78 is 47.9. The lowest BCUT2D eigenvalue weighted by Gasteiger charge is -2.29. The third-order valence-electron chi connectivity index (χ3n) is 6.01. The minimum atomic E-state index is -4.35. The first kappa shape index (κ1) is 26.2. The summed E-state index contributed by atoms with van der Waals surface area (Å²) in [5.41, 5.74) is 1.77. The molecule has 12 heteroatoms. The van der Waals surface area contributed by atoms with E-state index < -0.39 is 12.8 Å². The molecule has 2 aromatic rings. The van der Waals surface area contributed by atoms with Crippen LogP contribution in [0.2, 0.25) is 0 Å². The maximum Gasteiger partial charge on any atom is 0.422 e. The number of alkyl halides is 3. The van der Waals surface area contributed by atoms with E-state index in [0.29, 0.717) is 13.0 Å². The summed E-state index contributed by atoms with van der Waals surface area (Å²) in [5.74, 6) is -0.0214. The molecule has 0 bridgehead atoms. The largest absolute Gasteiger partial charge is 0.460 e. The van der Waals surface area contributed by atoms with E-state index in [9.17, 15) is 18.0 Å². The lowest BCUT2D eigenvalue weighted by molar-refractivity contribution is -0.153. The van der Waals surface area contributed by atoms with Crippen molar-refractivity contribution in [2.45, 2.75) is 57.7 Å². The standard InChI is InChI=1S/C23H29F3N4O3S2/c1-15-13-34-21(28-15)10-20(31)27-11-16-2-3-17(32-12-16)4-7-30-8-5-18-19(6-9-30)35-22(29-18)33-14-23(24,25)26/h11,13,16-17H,2-10,12,14H2,1H3/t16?,17-/m1/s1. The highest BCUT2D eigenvalue weighted by atomic mass is 32.1. The molecule has 0 aliphatic carbocycles. The van der Waals surface area contributed by atoms with Gasteiger partial charge in [-0.25, -0.2) is 15.0 Å². The van der Waals surface area contributed by atoms with Gasteiger partial charge in [0.05, 0.1) is 24.8 Å². The van der Waals surface area contributed by atoms with E-state index in [2.05, 4.69) is 19.9 Å². The Morgan fingerprint density at radius 3 is 2.86 bits per heavy atom. The van der Waals surface area contributed by atoms with Gasteiger partial charge in [0.1, 0.15) is 5.01 Å². The second kappa shape index (κ2) is 11.9. The quantitative estimate of drug-likeness (QED) is 0.475. The first-order valence-corrected chi connectivity index (χ1v) is 13.4. The molecule has 7 nitrogen and oxygen atoms in total. The predicted molar refractivity (Wildman–Crippen MR) is 129 cm³/mol. The molecule has 0 saturated carbocycles. The van der Waals surface area contributed by atoms with Gasteiger partial charge in [-0.3, -0.25) is 4.79 Å². The van der Waals surface area contributed by atoms with Gasteiger partial charge < -0.3 is 14.4 Å². The van der Waals surface area contributed by atoms with E-state index in [1.54, 1.807) is 6.21 Å². The molecule has 2 aliphatic rings. The zero-order valence-corrected chi connectivity index (χ0v) is 21.2. The molecule has 192 valence electrons. The highest BCUT2D eigenvalue weighted by molar-refractivity contribution is 7.13. The van der Waals surface area contributed by atoms with Gasteiger partial charge in [-0.2, -0.15) is 13.2 Å². The Hall–Kier alpha value is -1.89. The van der Waals surface area contributed by atoms with E-state index in [1.807, 2.05) is 12.3 Å². The number of hydrogen-bond donors (Lipinski definition) is 0. The van der Waals surface area contributed by atoms with Crippen molar-refractivity contribution in [3.8, 4) is 5.19 Å². The molecular weight excluding hydrogens is 501 g/mol. The fraction of sp³-hybridized carbons (Fsp3) is 0.652. The van der Waals surface area contributed by atoms with Crippen molar-refractivity contribution >= 4 is 34.8 Å². The SMILES string of the molecule is Cc1csc(CC(=O)N=CC2CC[C@H](CCN3CCc4nc(OCC(F)(F)F)sc4CC3)OC2)n1. The number of halogens is 3. The molecule has 4 heterocycles. The molecule has 2 atom stereocenters. The van der Waals surface area contributed by atoms with Crippen LogP contribution in [0.4, 0.5) is 13.2 Å². The molecule has 0 radical (unpaired) electrons. The van der Waals surface area contributed by atoms with Gasteiger partial charge in [0, 0.05) is 54.1 Å². The lowest BCUT2D eigenvalue weighted by Crippen LogP contribution is -2.33. The molecule has 2 aromatic heterocycles. The molecule has 2 aliphatic heterocycles. The highest BCUT2D eigenvalue weighted by Crippen LogP contribution is 2.30. The average molecular weight is 531 g/mol. The smallest absolute Gasteiger partial charge is 0.422 e. The number of amides is 1. The number of rotatable bonds is 8. The minimum absolute atomic E-state index is 0.106. The second-order valence-electron chi connectivity index (χ2n) is 8.91. The van der Waals surface area contributed by atoms with Gasteiger partial charge >= 0.3 is 6.18 Å². The summed E-state index contributed by atoms with van der Waals surface area (Å²) in [4.78, 5) is 28.1. The molecule has 1 saturated heterocycles. The van der Waals surface area contributed by atoms with Gasteiger partial charge in [-0.1, -0.05) is 11.3 Å². The third-order valence-corrected chi connectivity index (χ3v) is 8.05. The number of hydrogen-bond acceptors (Lipinski definition) is 8. The number of aromatic nitrogens is 2. The van der Waals surface area contributed by atoms with Crippen LogP contribution in [0.25, 0.3) is 0 Å². The number of nitrogens with zero attached hydrogens (tertiary/aromatic N) is 4. The van der Waals surface area contributed by atoms with E-state index >= 15 is 0 Å². The Morgan fingerprint density at radius 1 is 1.31 bits per heavy atom. The predicted octanol–water partition coefficient (Wildman–Crippen LogP) is 4.28. The van der Waals surface area contributed by atoms with Gasteiger partial charge in [0.25, 0.3) is 11.1 Å². The zero-order chi connectivity index (χ0) is 24.8. The Labute approximate surface area is 210 Å². The highest BCUT2D eigenvalue weighted by Gasteiger charge is 2.30. The Bertz CT molecular complexity index is 991. The fourth-order valence-corrected chi connectivity index (χ4v) is 5.87. The lowest BCUT2D eigenvalue weighted by atomic mass is 9.98. The number of aryl methyl sites for hydroxylation is 1. The molecule has 0 N–H and O–H groups in total. The van der Waals surface area contributed by atoms with E-state index in [-0.39, 0.29) is 29.5 Å². The molecule has 1 amide bonds. The molecule has 35 heavy (non-hydrogen) atoms. The van der Waals surface area contributed by atoms with Crippen molar-refractivity contribution < 1.29 is 27.4 Å². The van der Waals surface area contributed by atoms with Crippen LogP contribution in [0.15, 0.2) is 10.4 Å². The molecule has 1 unspecified atom stereocenters. The van der Waals surface area contributed by atoms with E-state index in [4.69, 9.17) is 9.47 Å².